The normalized spacial score (nSPS) is 18.9. The van der Waals surface area contributed by atoms with Crippen LogP contribution in [-0.4, -0.2) is 43.7 Å². The minimum absolute atomic E-state index is 0.144. The number of aryl methyl sites for hydroxylation is 2. The van der Waals surface area contributed by atoms with Gasteiger partial charge in [0.1, 0.15) is 3.82 Å². The SMILES string of the molecule is Cc1cc(C)c2c(c1)-c1c(ssc1=S)C(C)(C)N2C(=O)CN1CCOCC1. The standard InChI is InChI=1S/C20H24N2O2S3/c1-12-9-13(2)17-14(10-12)16-18(26-27-19(16)25)20(3,4)22(17)15(23)11-21-5-7-24-8-6-21/h9-10H,5-8,11H2,1-4H3. The van der Waals surface area contributed by atoms with Gasteiger partial charge in [0.05, 0.1) is 35.9 Å². The van der Waals surface area contributed by atoms with E-state index in [-0.39, 0.29) is 5.91 Å². The lowest BCUT2D eigenvalue weighted by molar-refractivity contribution is -0.121. The minimum atomic E-state index is -0.413. The first-order valence-electron chi connectivity index (χ1n) is 9.19. The van der Waals surface area contributed by atoms with Crippen molar-refractivity contribution in [1.82, 2.24) is 4.90 Å². The second-order valence-corrected chi connectivity index (χ2v) is 10.6. The van der Waals surface area contributed by atoms with Gasteiger partial charge < -0.3 is 4.74 Å². The van der Waals surface area contributed by atoms with Crippen molar-refractivity contribution in [1.29, 1.82) is 0 Å². The second kappa shape index (κ2) is 7.04. The van der Waals surface area contributed by atoms with Gasteiger partial charge in [0, 0.05) is 24.2 Å². The number of carbonyl (C=O) groups excluding carboxylic acids is 1. The molecule has 7 heteroatoms. The number of ether oxygens (including phenoxy) is 1. The van der Waals surface area contributed by atoms with E-state index in [0.717, 1.165) is 39.3 Å². The van der Waals surface area contributed by atoms with Crippen molar-refractivity contribution in [2.24, 2.45) is 0 Å². The summed E-state index contributed by atoms with van der Waals surface area (Å²) in [5, 5.41) is 0. The van der Waals surface area contributed by atoms with Gasteiger partial charge in [-0.15, -0.1) is 0 Å². The molecule has 0 radical (unpaired) electrons. The molecule has 0 saturated carbocycles. The van der Waals surface area contributed by atoms with E-state index < -0.39 is 5.54 Å². The molecule has 3 heterocycles. The quantitative estimate of drug-likeness (QED) is 0.519. The Balaban J connectivity index is 1.84. The van der Waals surface area contributed by atoms with Gasteiger partial charge in [0.2, 0.25) is 5.91 Å². The lowest BCUT2D eigenvalue weighted by Gasteiger charge is -2.44. The smallest absolute Gasteiger partial charge is 0.241 e. The maximum Gasteiger partial charge on any atom is 0.241 e. The van der Waals surface area contributed by atoms with E-state index in [0.29, 0.717) is 19.8 Å². The van der Waals surface area contributed by atoms with Crippen molar-refractivity contribution >= 4 is 44.5 Å². The molecular weight excluding hydrogens is 396 g/mol. The molecule has 1 saturated heterocycles. The fraction of sp³-hybridized carbons (Fsp3) is 0.500. The van der Waals surface area contributed by atoms with E-state index in [1.807, 2.05) is 4.90 Å². The zero-order chi connectivity index (χ0) is 19.3. The number of fused-ring (bicyclic) bond motifs is 3. The Hall–Kier alpha value is -1.12. The third kappa shape index (κ3) is 3.19. The van der Waals surface area contributed by atoms with Crippen molar-refractivity contribution in [2.75, 3.05) is 37.7 Å². The van der Waals surface area contributed by atoms with Crippen molar-refractivity contribution in [3.63, 3.8) is 0 Å². The summed E-state index contributed by atoms with van der Waals surface area (Å²) in [7, 11) is 3.35. The van der Waals surface area contributed by atoms with Gasteiger partial charge in [-0.3, -0.25) is 14.6 Å². The van der Waals surface area contributed by atoms with Crippen LogP contribution in [0.4, 0.5) is 5.69 Å². The zero-order valence-electron chi connectivity index (χ0n) is 16.1. The minimum Gasteiger partial charge on any atom is -0.379 e. The predicted molar refractivity (Wildman–Crippen MR) is 116 cm³/mol. The number of hydrogen-bond donors (Lipinski definition) is 0. The highest BCUT2D eigenvalue weighted by Crippen LogP contribution is 2.53. The van der Waals surface area contributed by atoms with Gasteiger partial charge >= 0.3 is 0 Å². The first-order valence-corrected chi connectivity index (χ1v) is 11.7. The zero-order valence-corrected chi connectivity index (χ0v) is 18.6. The molecule has 0 unspecified atom stereocenters. The Morgan fingerprint density at radius 2 is 1.93 bits per heavy atom. The Morgan fingerprint density at radius 1 is 1.22 bits per heavy atom. The third-order valence-electron chi connectivity index (χ3n) is 5.40. The summed E-state index contributed by atoms with van der Waals surface area (Å²) in [6.07, 6.45) is 0. The highest BCUT2D eigenvalue weighted by atomic mass is 32.9. The van der Waals surface area contributed by atoms with Crippen LogP contribution in [0.1, 0.15) is 29.9 Å². The first-order chi connectivity index (χ1) is 12.8. The van der Waals surface area contributed by atoms with Crippen LogP contribution in [0.3, 0.4) is 0 Å². The van der Waals surface area contributed by atoms with Crippen LogP contribution in [-0.2, 0) is 15.1 Å². The number of rotatable bonds is 2. The highest BCUT2D eigenvalue weighted by molar-refractivity contribution is 7.80. The molecule has 4 nitrogen and oxygen atoms in total. The molecule has 2 aromatic rings. The molecule has 0 bridgehead atoms. The molecule has 0 N–H and O–H groups in total. The monoisotopic (exact) mass is 420 g/mol. The van der Waals surface area contributed by atoms with Gasteiger partial charge in [0.25, 0.3) is 0 Å². The Labute approximate surface area is 172 Å². The van der Waals surface area contributed by atoms with Crippen molar-refractivity contribution in [3.8, 4) is 11.1 Å². The molecule has 2 aliphatic heterocycles. The number of morpholine rings is 1. The van der Waals surface area contributed by atoms with Crippen molar-refractivity contribution < 1.29 is 9.53 Å². The van der Waals surface area contributed by atoms with E-state index in [1.165, 1.54) is 10.4 Å². The number of benzene rings is 1. The first kappa shape index (κ1) is 19.2. The molecule has 1 aromatic carbocycles. The van der Waals surface area contributed by atoms with Crippen LogP contribution in [0.5, 0.6) is 0 Å². The average Bonchev–Trinajstić information content (AvgIpc) is 3.00. The summed E-state index contributed by atoms with van der Waals surface area (Å²) in [6, 6.07) is 4.34. The number of amides is 1. The van der Waals surface area contributed by atoms with Crippen LogP contribution in [0, 0.1) is 17.7 Å². The molecule has 144 valence electrons. The van der Waals surface area contributed by atoms with E-state index >= 15 is 0 Å². The molecular formula is C20H24N2O2S3. The van der Waals surface area contributed by atoms with Crippen LogP contribution in [0.15, 0.2) is 12.1 Å². The largest absolute Gasteiger partial charge is 0.379 e. The predicted octanol–water partition coefficient (Wildman–Crippen LogP) is 4.74. The van der Waals surface area contributed by atoms with Gasteiger partial charge in [-0.25, -0.2) is 0 Å². The molecule has 1 amide bonds. The number of hydrogen-bond acceptors (Lipinski definition) is 6. The van der Waals surface area contributed by atoms with Crippen molar-refractivity contribution in [2.45, 2.75) is 33.2 Å². The number of carbonyl (C=O) groups is 1. The second-order valence-electron chi connectivity index (χ2n) is 7.81. The molecule has 27 heavy (non-hydrogen) atoms. The van der Waals surface area contributed by atoms with Crippen LogP contribution < -0.4 is 4.90 Å². The molecule has 1 aromatic heterocycles. The summed E-state index contributed by atoms with van der Waals surface area (Å²) >= 11 is 5.68. The maximum absolute atomic E-state index is 13.5. The number of anilines is 1. The van der Waals surface area contributed by atoms with E-state index in [4.69, 9.17) is 17.0 Å². The summed E-state index contributed by atoms with van der Waals surface area (Å²) in [5.74, 6) is 0.144. The van der Waals surface area contributed by atoms with Crippen LogP contribution >= 0.6 is 32.9 Å². The number of nitrogens with zero attached hydrogens (tertiary/aromatic N) is 2. The highest BCUT2D eigenvalue weighted by Gasteiger charge is 2.43. The Morgan fingerprint density at radius 3 is 2.63 bits per heavy atom. The van der Waals surface area contributed by atoms with Crippen molar-refractivity contribution in [3.05, 3.63) is 32.0 Å². The van der Waals surface area contributed by atoms with Crippen LogP contribution in [0.2, 0.25) is 0 Å². The Kier molecular flexibility index (Phi) is 5.01. The fourth-order valence-corrected chi connectivity index (χ4v) is 7.46. The van der Waals surface area contributed by atoms with E-state index in [2.05, 4.69) is 44.7 Å². The van der Waals surface area contributed by atoms with Gasteiger partial charge in [-0.2, -0.15) is 0 Å². The van der Waals surface area contributed by atoms with Crippen LogP contribution in [0.25, 0.3) is 11.1 Å². The molecule has 4 rings (SSSR count). The van der Waals surface area contributed by atoms with E-state index in [9.17, 15) is 4.79 Å². The lowest BCUT2D eigenvalue weighted by Crippen LogP contribution is -2.52. The Bertz CT molecular complexity index is 955. The lowest BCUT2D eigenvalue weighted by atomic mass is 9.85. The molecule has 0 spiro atoms. The summed E-state index contributed by atoms with van der Waals surface area (Å²) < 4.78 is 6.36. The summed E-state index contributed by atoms with van der Waals surface area (Å²) in [4.78, 5) is 18.9. The third-order valence-corrected chi connectivity index (χ3v) is 8.73. The summed E-state index contributed by atoms with van der Waals surface area (Å²) in [6.45, 7) is 11.9. The average molecular weight is 421 g/mol. The van der Waals surface area contributed by atoms with Gasteiger partial charge in [-0.05, 0) is 39.3 Å². The van der Waals surface area contributed by atoms with E-state index in [1.54, 1.807) is 20.7 Å². The molecule has 1 fully saturated rings. The maximum atomic E-state index is 13.5. The topological polar surface area (TPSA) is 32.8 Å². The molecule has 2 aliphatic rings. The van der Waals surface area contributed by atoms with Gasteiger partial charge in [0.15, 0.2) is 0 Å². The van der Waals surface area contributed by atoms with Gasteiger partial charge in [-0.1, -0.05) is 44.5 Å². The molecule has 0 atom stereocenters. The molecule has 0 aliphatic carbocycles. The summed E-state index contributed by atoms with van der Waals surface area (Å²) in [5.41, 5.74) is 5.20. The fourth-order valence-electron chi connectivity index (χ4n) is 4.18.